The number of aromatic nitrogens is 2. The van der Waals surface area contributed by atoms with Gasteiger partial charge in [0.05, 0.1) is 11.5 Å². The molecule has 1 spiro atoms. The van der Waals surface area contributed by atoms with Crippen molar-refractivity contribution in [3.63, 3.8) is 0 Å². The predicted octanol–water partition coefficient (Wildman–Crippen LogP) is 0.276. The zero-order valence-electron chi connectivity index (χ0n) is 12.8. The van der Waals surface area contributed by atoms with Crippen LogP contribution < -0.4 is 0 Å². The minimum Gasteiger partial charge on any atom is -0.481 e. The van der Waals surface area contributed by atoms with Gasteiger partial charge in [0.1, 0.15) is 11.4 Å². The summed E-state index contributed by atoms with van der Waals surface area (Å²) in [7, 11) is 1.73. The second-order valence-corrected chi connectivity index (χ2v) is 6.22. The van der Waals surface area contributed by atoms with Crippen LogP contribution in [0.1, 0.15) is 30.7 Å². The molecule has 2 aliphatic rings. The van der Waals surface area contributed by atoms with Crippen molar-refractivity contribution in [1.29, 1.82) is 0 Å². The summed E-state index contributed by atoms with van der Waals surface area (Å²) in [5, 5.41) is 17.1. The van der Waals surface area contributed by atoms with Gasteiger partial charge in [0.25, 0.3) is 0 Å². The van der Waals surface area contributed by atoms with Crippen LogP contribution in [0.4, 0.5) is 0 Å². The van der Waals surface area contributed by atoms with E-state index >= 15 is 0 Å². The Morgan fingerprint density at radius 2 is 2.09 bits per heavy atom. The zero-order valence-corrected chi connectivity index (χ0v) is 12.8. The van der Waals surface area contributed by atoms with Gasteiger partial charge in [0.15, 0.2) is 0 Å². The number of carbonyl (C=O) groups excluding carboxylic acids is 1. The summed E-state index contributed by atoms with van der Waals surface area (Å²) >= 11 is 0. The fourth-order valence-electron chi connectivity index (χ4n) is 3.69. The minimum absolute atomic E-state index is 0.0719. The fourth-order valence-corrected chi connectivity index (χ4v) is 3.69. The lowest BCUT2D eigenvalue weighted by Crippen LogP contribution is -2.55. The molecule has 120 valence electrons. The first-order valence-electron chi connectivity index (χ1n) is 7.44. The summed E-state index contributed by atoms with van der Waals surface area (Å²) in [6, 6.07) is 0. The standard InChI is InChI=1S/C14H20N4O4/c1-9-11(16-22-15-9)8-18-5-3-14(4-6-18)10(13(20)21)7-12(19)17(14)2/h10H,3-8H2,1-2H3,(H,20,21). The van der Waals surface area contributed by atoms with Crippen LogP contribution in [-0.4, -0.2) is 62.8 Å². The largest absolute Gasteiger partial charge is 0.481 e. The van der Waals surface area contributed by atoms with E-state index in [0.717, 1.165) is 24.5 Å². The normalized spacial score (nSPS) is 25.1. The Hall–Kier alpha value is -1.96. The molecule has 1 aromatic rings. The predicted molar refractivity (Wildman–Crippen MR) is 74.8 cm³/mol. The number of hydrogen-bond donors (Lipinski definition) is 1. The van der Waals surface area contributed by atoms with Crippen molar-refractivity contribution in [2.75, 3.05) is 20.1 Å². The molecule has 2 aliphatic heterocycles. The molecule has 2 saturated heterocycles. The monoisotopic (exact) mass is 308 g/mol. The van der Waals surface area contributed by atoms with Crippen LogP contribution in [0.15, 0.2) is 4.63 Å². The second-order valence-electron chi connectivity index (χ2n) is 6.22. The Kier molecular flexibility index (Phi) is 3.64. The number of piperidine rings is 1. The van der Waals surface area contributed by atoms with Gasteiger partial charge >= 0.3 is 5.97 Å². The topological polar surface area (TPSA) is 99.8 Å². The summed E-state index contributed by atoms with van der Waals surface area (Å²) in [4.78, 5) is 27.3. The first kappa shape index (κ1) is 15.0. The van der Waals surface area contributed by atoms with Crippen LogP contribution >= 0.6 is 0 Å². The maximum absolute atomic E-state index is 12.0. The molecular weight excluding hydrogens is 288 g/mol. The molecule has 3 rings (SSSR count). The van der Waals surface area contributed by atoms with Crippen LogP contribution in [0, 0.1) is 12.8 Å². The highest BCUT2D eigenvalue weighted by molar-refractivity contribution is 5.88. The van der Waals surface area contributed by atoms with Crippen molar-refractivity contribution in [1.82, 2.24) is 20.1 Å². The van der Waals surface area contributed by atoms with E-state index in [0.29, 0.717) is 19.4 Å². The first-order chi connectivity index (χ1) is 10.4. The van der Waals surface area contributed by atoms with Gasteiger partial charge in [-0.3, -0.25) is 14.5 Å². The molecule has 1 unspecified atom stereocenters. The lowest BCUT2D eigenvalue weighted by atomic mass is 9.77. The number of likely N-dealkylation sites (tertiary alicyclic amines) is 2. The van der Waals surface area contributed by atoms with Gasteiger partial charge in [-0.2, -0.15) is 0 Å². The van der Waals surface area contributed by atoms with Crippen molar-refractivity contribution >= 4 is 11.9 Å². The number of carboxylic acids is 1. The Morgan fingerprint density at radius 1 is 1.41 bits per heavy atom. The molecule has 1 N–H and O–H groups in total. The molecule has 0 aliphatic carbocycles. The second kappa shape index (κ2) is 5.35. The van der Waals surface area contributed by atoms with E-state index in [2.05, 4.69) is 15.2 Å². The van der Waals surface area contributed by atoms with Gasteiger partial charge in [0, 0.05) is 33.1 Å². The van der Waals surface area contributed by atoms with Gasteiger partial charge < -0.3 is 10.0 Å². The van der Waals surface area contributed by atoms with Gasteiger partial charge in [-0.05, 0) is 19.8 Å². The Bertz CT molecular complexity index is 591. The van der Waals surface area contributed by atoms with Gasteiger partial charge in [-0.1, -0.05) is 10.3 Å². The van der Waals surface area contributed by atoms with Crippen molar-refractivity contribution < 1.29 is 19.3 Å². The Labute approximate surface area is 128 Å². The van der Waals surface area contributed by atoms with Crippen LogP contribution in [0.5, 0.6) is 0 Å². The van der Waals surface area contributed by atoms with Crippen molar-refractivity contribution in [2.24, 2.45) is 5.92 Å². The number of hydrogen-bond acceptors (Lipinski definition) is 6. The maximum Gasteiger partial charge on any atom is 0.309 e. The molecular formula is C14H20N4O4. The summed E-state index contributed by atoms with van der Waals surface area (Å²) in [5.74, 6) is -1.55. The maximum atomic E-state index is 12.0. The van der Waals surface area contributed by atoms with Crippen molar-refractivity contribution in [3.05, 3.63) is 11.4 Å². The number of aryl methyl sites for hydroxylation is 1. The highest BCUT2D eigenvalue weighted by Gasteiger charge is 2.55. The Morgan fingerprint density at radius 3 is 2.64 bits per heavy atom. The fraction of sp³-hybridized carbons (Fsp3) is 0.714. The molecule has 0 bridgehead atoms. The average Bonchev–Trinajstić information content (AvgIpc) is 2.99. The molecule has 1 atom stereocenters. The molecule has 0 aromatic carbocycles. The number of amides is 1. The van der Waals surface area contributed by atoms with Crippen LogP contribution in [0.25, 0.3) is 0 Å². The molecule has 0 radical (unpaired) electrons. The number of aliphatic carboxylic acids is 1. The highest BCUT2D eigenvalue weighted by Crippen LogP contribution is 2.42. The third-order valence-corrected chi connectivity index (χ3v) is 5.21. The molecule has 8 nitrogen and oxygen atoms in total. The summed E-state index contributed by atoms with van der Waals surface area (Å²) in [5.41, 5.74) is 1.04. The van der Waals surface area contributed by atoms with Gasteiger partial charge in [0.2, 0.25) is 5.91 Å². The molecule has 8 heteroatoms. The number of rotatable bonds is 3. The van der Waals surface area contributed by atoms with E-state index in [9.17, 15) is 14.7 Å². The molecule has 3 heterocycles. The van der Waals surface area contributed by atoms with E-state index in [4.69, 9.17) is 4.63 Å². The summed E-state index contributed by atoms with van der Waals surface area (Å²) in [6.45, 7) is 3.95. The number of nitrogens with zero attached hydrogens (tertiary/aromatic N) is 4. The third kappa shape index (κ3) is 2.27. The van der Waals surface area contributed by atoms with Crippen LogP contribution in [0.2, 0.25) is 0 Å². The molecule has 2 fully saturated rings. The lowest BCUT2D eigenvalue weighted by Gasteiger charge is -2.45. The molecule has 0 saturated carbocycles. The van der Waals surface area contributed by atoms with Gasteiger partial charge in [-0.15, -0.1) is 0 Å². The van der Waals surface area contributed by atoms with E-state index in [-0.39, 0.29) is 12.3 Å². The van der Waals surface area contributed by atoms with E-state index in [1.165, 1.54) is 0 Å². The Balaban J connectivity index is 1.71. The van der Waals surface area contributed by atoms with Crippen molar-refractivity contribution in [3.8, 4) is 0 Å². The quantitative estimate of drug-likeness (QED) is 0.855. The zero-order chi connectivity index (χ0) is 15.9. The van der Waals surface area contributed by atoms with Gasteiger partial charge in [-0.25, -0.2) is 4.63 Å². The van der Waals surface area contributed by atoms with Crippen LogP contribution in [-0.2, 0) is 16.1 Å². The lowest BCUT2D eigenvalue weighted by molar-refractivity contribution is -0.146. The smallest absolute Gasteiger partial charge is 0.309 e. The minimum atomic E-state index is -0.873. The highest BCUT2D eigenvalue weighted by atomic mass is 16.6. The van der Waals surface area contributed by atoms with E-state index in [1.54, 1.807) is 11.9 Å². The first-order valence-corrected chi connectivity index (χ1v) is 7.44. The average molecular weight is 308 g/mol. The molecule has 22 heavy (non-hydrogen) atoms. The molecule has 1 amide bonds. The number of carboxylic acid groups (broad SMARTS) is 1. The molecule has 1 aromatic heterocycles. The van der Waals surface area contributed by atoms with E-state index in [1.807, 2.05) is 6.92 Å². The summed E-state index contributed by atoms with van der Waals surface area (Å²) in [6.07, 6.45) is 1.44. The van der Waals surface area contributed by atoms with Crippen molar-refractivity contribution in [2.45, 2.75) is 38.3 Å². The SMILES string of the molecule is Cc1nonc1CN1CCC2(CC1)C(C(=O)O)CC(=O)N2C. The summed E-state index contributed by atoms with van der Waals surface area (Å²) < 4.78 is 4.70. The van der Waals surface area contributed by atoms with Crippen LogP contribution in [0.3, 0.4) is 0 Å². The third-order valence-electron chi connectivity index (χ3n) is 5.21. The number of carbonyl (C=O) groups is 2. The van der Waals surface area contributed by atoms with E-state index < -0.39 is 17.4 Å².